The van der Waals surface area contributed by atoms with Crippen molar-refractivity contribution in [3.05, 3.63) is 52.9 Å². The zero-order chi connectivity index (χ0) is 15.5. The molecule has 2 rings (SSSR count). The maximum absolute atomic E-state index is 12.3. The number of nitrogens with one attached hydrogen (secondary N) is 1. The first kappa shape index (κ1) is 15.6. The number of benzene rings is 1. The van der Waals surface area contributed by atoms with Gasteiger partial charge < -0.3 is 4.42 Å². The Hall–Kier alpha value is -1.81. The van der Waals surface area contributed by atoms with Gasteiger partial charge in [-0.3, -0.25) is 0 Å². The van der Waals surface area contributed by atoms with E-state index < -0.39 is 10.0 Å². The van der Waals surface area contributed by atoms with Crippen molar-refractivity contribution in [2.45, 2.75) is 24.3 Å². The van der Waals surface area contributed by atoms with Crippen LogP contribution in [0.4, 0.5) is 0 Å². The van der Waals surface area contributed by atoms with Crippen molar-refractivity contribution in [2.24, 2.45) is 0 Å². The van der Waals surface area contributed by atoms with Crippen LogP contribution in [0.25, 0.3) is 0 Å². The molecule has 1 unspecified atom stereocenters. The molecule has 0 aliphatic carbocycles. The Morgan fingerprint density at radius 3 is 2.81 bits per heavy atom. The maximum atomic E-state index is 12.3. The molecule has 2 aromatic rings. The third kappa shape index (κ3) is 3.85. The summed E-state index contributed by atoms with van der Waals surface area (Å²) >= 11 is 5.92. The third-order valence-corrected chi connectivity index (χ3v) is 4.86. The van der Waals surface area contributed by atoms with Gasteiger partial charge in [-0.25, -0.2) is 13.1 Å². The van der Waals surface area contributed by atoms with Gasteiger partial charge in [0.25, 0.3) is 0 Å². The van der Waals surface area contributed by atoms with E-state index in [1.807, 2.05) is 6.07 Å². The van der Waals surface area contributed by atoms with Crippen LogP contribution in [-0.2, 0) is 16.4 Å². The lowest BCUT2D eigenvalue weighted by molar-refractivity contribution is 0.479. The normalized spacial score (nSPS) is 12.8. The van der Waals surface area contributed by atoms with E-state index in [1.54, 1.807) is 19.1 Å². The predicted octanol–water partition coefficient (Wildman–Crippen LogP) is 2.71. The minimum absolute atomic E-state index is 0.0756. The number of furan rings is 1. The Bertz CT molecular complexity index is 764. The number of hydrogen-bond donors (Lipinski definition) is 1. The van der Waals surface area contributed by atoms with E-state index >= 15 is 0 Å². The molecule has 0 aliphatic heterocycles. The summed E-state index contributed by atoms with van der Waals surface area (Å²) < 4.78 is 32.4. The molecule has 21 heavy (non-hydrogen) atoms. The summed E-state index contributed by atoms with van der Waals surface area (Å²) in [7, 11) is -3.80. The van der Waals surface area contributed by atoms with E-state index in [4.69, 9.17) is 21.3 Å². The molecule has 7 heteroatoms. The maximum Gasteiger partial charge on any atom is 0.242 e. The summed E-state index contributed by atoms with van der Waals surface area (Å²) in [6, 6.07) is 9.14. The fourth-order valence-corrected chi connectivity index (χ4v) is 3.65. The average Bonchev–Trinajstić information content (AvgIpc) is 2.91. The Morgan fingerprint density at radius 2 is 2.19 bits per heavy atom. The highest BCUT2D eigenvalue weighted by molar-refractivity contribution is 7.89. The largest absolute Gasteiger partial charge is 0.469 e. The summed E-state index contributed by atoms with van der Waals surface area (Å²) in [6.07, 6.45) is 1.95. The van der Waals surface area contributed by atoms with Crippen molar-refractivity contribution in [2.75, 3.05) is 0 Å². The molecule has 1 heterocycles. The van der Waals surface area contributed by atoms with Crippen LogP contribution in [0.1, 0.15) is 18.2 Å². The zero-order valence-corrected chi connectivity index (χ0v) is 12.8. The van der Waals surface area contributed by atoms with E-state index in [9.17, 15) is 8.42 Å². The van der Waals surface area contributed by atoms with Crippen molar-refractivity contribution < 1.29 is 12.8 Å². The molecular weight excluding hydrogens is 312 g/mol. The molecule has 0 bridgehead atoms. The lowest BCUT2D eigenvalue weighted by Crippen LogP contribution is -2.34. The molecule has 0 saturated carbocycles. The first-order valence-corrected chi connectivity index (χ1v) is 8.03. The van der Waals surface area contributed by atoms with E-state index in [1.165, 1.54) is 24.5 Å². The fraction of sp³-hybridized carbons (Fsp3) is 0.214. The molecule has 0 amide bonds. The first-order chi connectivity index (χ1) is 9.92. The number of nitriles is 1. The van der Waals surface area contributed by atoms with Gasteiger partial charge in [-0.1, -0.05) is 11.6 Å². The van der Waals surface area contributed by atoms with Gasteiger partial charge in [0.2, 0.25) is 10.0 Å². The van der Waals surface area contributed by atoms with Crippen molar-refractivity contribution in [3.8, 4) is 6.07 Å². The highest BCUT2D eigenvalue weighted by atomic mass is 35.5. The highest BCUT2D eigenvalue weighted by Gasteiger charge is 2.21. The summed E-state index contributed by atoms with van der Waals surface area (Å²) in [5.41, 5.74) is 0.235. The Balaban J connectivity index is 2.20. The fourth-order valence-electron chi connectivity index (χ4n) is 1.88. The molecule has 1 N–H and O–H groups in total. The number of nitrogens with zero attached hydrogens (tertiary/aromatic N) is 1. The SMILES string of the molecule is CC(Cc1ccco1)NS(=O)(=O)c1cc(C#N)ccc1Cl. The Labute approximate surface area is 128 Å². The standard InChI is InChI=1S/C14H13ClN2O3S/c1-10(7-12-3-2-6-20-12)17-21(18,19)14-8-11(9-16)4-5-13(14)15/h2-6,8,10,17H,7H2,1H3. The van der Waals surface area contributed by atoms with Gasteiger partial charge in [0.15, 0.2) is 0 Å². The van der Waals surface area contributed by atoms with Crippen LogP contribution in [0.5, 0.6) is 0 Å². The van der Waals surface area contributed by atoms with Gasteiger partial charge in [0.1, 0.15) is 10.7 Å². The minimum atomic E-state index is -3.80. The molecule has 0 radical (unpaired) electrons. The molecule has 1 aromatic carbocycles. The van der Waals surface area contributed by atoms with Crippen molar-refractivity contribution in [1.82, 2.24) is 4.72 Å². The smallest absolute Gasteiger partial charge is 0.242 e. The molecule has 0 aliphatic rings. The van der Waals surface area contributed by atoms with Crippen LogP contribution in [0.3, 0.4) is 0 Å². The zero-order valence-electron chi connectivity index (χ0n) is 11.2. The number of sulfonamides is 1. The first-order valence-electron chi connectivity index (χ1n) is 6.17. The number of hydrogen-bond acceptors (Lipinski definition) is 4. The van der Waals surface area contributed by atoms with Crippen LogP contribution < -0.4 is 4.72 Å². The quantitative estimate of drug-likeness (QED) is 0.916. The molecule has 110 valence electrons. The summed E-state index contributed by atoms with van der Waals surface area (Å²) in [5.74, 6) is 0.682. The van der Waals surface area contributed by atoms with Gasteiger partial charge in [-0.05, 0) is 37.3 Å². The predicted molar refractivity (Wildman–Crippen MR) is 78.4 cm³/mol. The highest BCUT2D eigenvalue weighted by Crippen LogP contribution is 2.22. The second kappa shape index (κ2) is 6.31. The van der Waals surface area contributed by atoms with Crippen LogP contribution >= 0.6 is 11.6 Å². The molecule has 0 saturated heterocycles. The summed E-state index contributed by atoms with van der Waals surface area (Å²) in [5, 5.41) is 8.93. The average molecular weight is 325 g/mol. The Morgan fingerprint density at radius 1 is 1.43 bits per heavy atom. The lowest BCUT2D eigenvalue weighted by atomic mass is 10.2. The van der Waals surface area contributed by atoms with E-state index in [0.717, 1.165) is 0 Å². The van der Waals surface area contributed by atoms with E-state index in [0.29, 0.717) is 12.2 Å². The Kier molecular flexibility index (Phi) is 4.68. The van der Waals surface area contributed by atoms with Gasteiger partial charge in [0, 0.05) is 12.5 Å². The topological polar surface area (TPSA) is 83.1 Å². The molecule has 0 spiro atoms. The van der Waals surface area contributed by atoms with Crippen LogP contribution in [0, 0.1) is 11.3 Å². The van der Waals surface area contributed by atoms with E-state index in [2.05, 4.69) is 4.72 Å². The van der Waals surface area contributed by atoms with Crippen molar-refractivity contribution >= 4 is 21.6 Å². The second-order valence-electron chi connectivity index (χ2n) is 4.56. The molecule has 5 nitrogen and oxygen atoms in total. The van der Waals surface area contributed by atoms with Crippen LogP contribution in [0.15, 0.2) is 45.9 Å². The van der Waals surface area contributed by atoms with Gasteiger partial charge >= 0.3 is 0 Å². The molecule has 0 fully saturated rings. The number of halogens is 1. The number of rotatable bonds is 5. The van der Waals surface area contributed by atoms with Gasteiger partial charge in [-0.15, -0.1) is 0 Å². The lowest BCUT2D eigenvalue weighted by Gasteiger charge is -2.14. The summed E-state index contributed by atoms with van der Waals surface area (Å²) in [6.45, 7) is 1.72. The third-order valence-electron chi connectivity index (χ3n) is 2.79. The molecular formula is C14H13ClN2O3S. The van der Waals surface area contributed by atoms with Crippen molar-refractivity contribution in [1.29, 1.82) is 5.26 Å². The summed E-state index contributed by atoms with van der Waals surface area (Å²) in [4.78, 5) is -0.102. The van der Waals surface area contributed by atoms with Crippen LogP contribution in [-0.4, -0.2) is 14.5 Å². The molecule has 1 aromatic heterocycles. The van der Waals surface area contributed by atoms with Crippen molar-refractivity contribution in [3.63, 3.8) is 0 Å². The molecule has 1 atom stereocenters. The monoisotopic (exact) mass is 324 g/mol. The second-order valence-corrected chi connectivity index (χ2v) is 6.65. The minimum Gasteiger partial charge on any atom is -0.469 e. The van der Waals surface area contributed by atoms with Gasteiger partial charge in [-0.2, -0.15) is 5.26 Å². The van der Waals surface area contributed by atoms with Crippen LogP contribution in [0.2, 0.25) is 5.02 Å². The van der Waals surface area contributed by atoms with Gasteiger partial charge in [0.05, 0.1) is 22.9 Å². The van der Waals surface area contributed by atoms with E-state index in [-0.39, 0.29) is 21.5 Å².